The topological polar surface area (TPSA) is 0 Å². The normalized spacial score (nSPS) is 12.1. The zero-order chi connectivity index (χ0) is 30.1. The highest BCUT2D eigenvalue weighted by atomic mass is 32.1. The molecule has 44 heavy (non-hydrogen) atoms. The van der Waals surface area contributed by atoms with Crippen LogP contribution in [0.4, 0.5) is 0 Å². The van der Waals surface area contributed by atoms with Crippen molar-refractivity contribution in [3.05, 3.63) is 157 Å². The predicted octanol–water partition coefficient (Wildman–Crippen LogP) is 12.8. The lowest BCUT2D eigenvalue weighted by molar-refractivity contribution is 1.54. The Hall–Kier alpha value is -5.24. The lowest BCUT2D eigenvalue weighted by atomic mass is 9.83. The number of thiophene rings is 1. The van der Waals surface area contributed by atoms with E-state index in [-0.39, 0.29) is 0 Å². The van der Waals surface area contributed by atoms with Crippen LogP contribution in [0.15, 0.2) is 152 Å². The molecule has 0 saturated heterocycles. The zero-order valence-electron chi connectivity index (χ0n) is 25.3. The molecule has 1 heterocycles. The van der Waals surface area contributed by atoms with E-state index in [1.54, 1.807) is 0 Å². The van der Waals surface area contributed by atoms with Crippen molar-refractivity contribution < 1.29 is 1.37 Å². The van der Waals surface area contributed by atoms with Gasteiger partial charge in [0.05, 0.1) is 1.37 Å². The van der Waals surface area contributed by atoms with Gasteiger partial charge in [0.25, 0.3) is 0 Å². The molecule has 0 fully saturated rings. The minimum absolute atomic E-state index is 0.538. The second kappa shape index (κ2) is 9.91. The summed E-state index contributed by atoms with van der Waals surface area (Å²) >= 11 is 1.89. The fourth-order valence-electron chi connectivity index (χ4n) is 7.12. The zero-order valence-corrected chi connectivity index (χ0v) is 25.1. The molecule has 0 bridgehead atoms. The van der Waals surface area contributed by atoms with Crippen molar-refractivity contribution in [2.75, 3.05) is 0 Å². The van der Waals surface area contributed by atoms with Crippen molar-refractivity contribution in [3.8, 4) is 33.4 Å². The van der Waals surface area contributed by atoms with Crippen LogP contribution in [0.5, 0.6) is 0 Å². The Balaban J connectivity index is 1.34. The van der Waals surface area contributed by atoms with E-state index in [0.717, 1.165) is 10.8 Å². The fraction of sp³-hybridized carbons (Fsp3) is 0.0233. The van der Waals surface area contributed by atoms with Gasteiger partial charge in [-0.1, -0.05) is 127 Å². The lowest BCUT2D eigenvalue weighted by Crippen LogP contribution is -1.93. The van der Waals surface area contributed by atoms with E-state index in [9.17, 15) is 0 Å². The van der Waals surface area contributed by atoms with Gasteiger partial charge in [0.1, 0.15) is 0 Å². The first-order valence-electron chi connectivity index (χ1n) is 15.6. The second-order valence-electron chi connectivity index (χ2n) is 11.6. The van der Waals surface area contributed by atoms with Crippen molar-refractivity contribution in [1.29, 1.82) is 0 Å². The summed E-state index contributed by atoms with van der Waals surface area (Å²) in [6.45, 7) is 2.25. The molecular weight excluding hydrogens is 549 g/mol. The number of aryl methyl sites for hydroxylation is 1. The number of rotatable bonds is 3. The summed E-state index contributed by atoms with van der Waals surface area (Å²) in [4.78, 5) is 0. The molecule has 0 nitrogen and oxygen atoms in total. The highest BCUT2D eigenvalue weighted by Gasteiger charge is 2.19. The largest absolute Gasteiger partial charge is 0.135 e. The third-order valence-corrected chi connectivity index (χ3v) is 10.4. The van der Waals surface area contributed by atoms with Crippen LogP contribution < -0.4 is 0 Å². The molecule has 0 radical (unpaired) electrons. The predicted molar refractivity (Wildman–Crippen MR) is 193 cm³/mol. The van der Waals surface area contributed by atoms with Crippen LogP contribution in [0.25, 0.3) is 85.9 Å². The first-order chi connectivity index (χ1) is 22.1. The monoisotopic (exact) mass is 577 g/mol. The summed E-state index contributed by atoms with van der Waals surface area (Å²) < 4.78 is 10.8. The molecule has 0 aliphatic heterocycles. The molecule has 0 spiro atoms. The summed E-state index contributed by atoms with van der Waals surface area (Å²) in [6, 6.07) is 53.3. The standard InChI is InChI=1S/C43H28S/c1-27-24-31(26-39-33-15-10-11-21-40(33)44-43(27)39)32-14-4-5-16-34(32)42-37-19-8-6-17-35(37)41(36-18-7-9-20-38(36)42)30-23-22-28-12-2-3-13-29(28)25-30/h2-26H,1H3/i2D. The molecule has 8 aromatic carbocycles. The minimum atomic E-state index is 0.538. The third kappa shape index (κ3) is 3.83. The molecule has 0 N–H and O–H groups in total. The molecule has 1 aromatic heterocycles. The van der Waals surface area contributed by atoms with Crippen LogP contribution in [-0.2, 0) is 0 Å². The van der Waals surface area contributed by atoms with Gasteiger partial charge in [0.2, 0.25) is 0 Å². The smallest absolute Gasteiger partial charge is 0.0623 e. The fourth-order valence-corrected chi connectivity index (χ4v) is 8.27. The Labute approximate surface area is 261 Å². The number of hydrogen-bond acceptors (Lipinski definition) is 1. The summed E-state index contributed by atoms with van der Waals surface area (Å²) in [5.74, 6) is 0. The minimum Gasteiger partial charge on any atom is -0.135 e. The molecule has 206 valence electrons. The summed E-state index contributed by atoms with van der Waals surface area (Å²) in [5.41, 5.74) is 8.78. The van der Waals surface area contributed by atoms with E-state index in [0.29, 0.717) is 6.04 Å². The van der Waals surface area contributed by atoms with Crippen molar-refractivity contribution >= 4 is 63.8 Å². The molecule has 0 saturated carbocycles. The van der Waals surface area contributed by atoms with Crippen LogP contribution in [0.1, 0.15) is 6.93 Å². The Morgan fingerprint density at radius 2 is 1.09 bits per heavy atom. The maximum atomic E-state index is 8.07. The van der Waals surface area contributed by atoms with Gasteiger partial charge < -0.3 is 0 Å². The average molecular weight is 578 g/mol. The Morgan fingerprint density at radius 1 is 0.455 bits per heavy atom. The molecule has 0 aliphatic rings. The summed E-state index contributed by atoms with van der Waals surface area (Å²) in [7, 11) is 0. The van der Waals surface area contributed by atoms with E-state index in [2.05, 4.69) is 140 Å². The number of benzene rings is 8. The third-order valence-electron chi connectivity index (χ3n) is 9.08. The van der Waals surface area contributed by atoms with E-state index in [4.69, 9.17) is 1.37 Å². The first kappa shape index (κ1) is 24.2. The van der Waals surface area contributed by atoms with Gasteiger partial charge in [0, 0.05) is 20.2 Å². The maximum absolute atomic E-state index is 8.07. The van der Waals surface area contributed by atoms with E-state index < -0.39 is 0 Å². The van der Waals surface area contributed by atoms with Crippen LogP contribution in [0, 0.1) is 6.92 Å². The van der Waals surface area contributed by atoms with Crippen LogP contribution in [0.2, 0.25) is 0 Å². The molecule has 0 aliphatic carbocycles. The van der Waals surface area contributed by atoms with Crippen molar-refractivity contribution in [2.24, 2.45) is 0 Å². The molecule has 9 aromatic rings. The van der Waals surface area contributed by atoms with Gasteiger partial charge in [-0.25, -0.2) is 0 Å². The lowest BCUT2D eigenvalue weighted by Gasteiger charge is -2.20. The van der Waals surface area contributed by atoms with Crippen molar-refractivity contribution in [2.45, 2.75) is 6.92 Å². The second-order valence-corrected chi connectivity index (χ2v) is 12.7. The number of fused-ring (bicyclic) bond motifs is 6. The summed E-state index contributed by atoms with van der Waals surface area (Å²) in [5, 5.41) is 9.89. The molecule has 1 heteroatoms. The van der Waals surface area contributed by atoms with Crippen LogP contribution in [-0.4, -0.2) is 0 Å². The number of hydrogen-bond donors (Lipinski definition) is 0. The summed E-state index contributed by atoms with van der Waals surface area (Å²) in [6.07, 6.45) is 0. The Morgan fingerprint density at radius 3 is 1.84 bits per heavy atom. The molecule has 0 unspecified atom stereocenters. The van der Waals surface area contributed by atoms with Crippen LogP contribution in [0.3, 0.4) is 0 Å². The van der Waals surface area contributed by atoms with Gasteiger partial charge in [-0.2, -0.15) is 0 Å². The average Bonchev–Trinajstić information content (AvgIpc) is 3.46. The van der Waals surface area contributed by atoms with Crippen molar-refractivity contribution in [3.63, 3.8) is 0 Å². The van der Waals surface area contributed by atoms with Crippen molar-refractivity contribution in [1.82, 2.24) is 0 Å². The van der Waals surface area contributed by atoms with Gasteiger partial charge in [-0.15, -0.1) is 11.3 Å². The van der Waals surface area contributed by atoms with Gasteiger partial charge in [-0.3, -0.25) is 0 Å². The quantitative estimate of drug-likeness (QED) is 0.183. The van der Waals surface area contributed by atoms with Gasteiger partial charge >= 0.3 is 0 Å². The molecule has 0 atom stereocenters. The highest BCUT2D eigenvalue weighted by molar-refractivity contribution is 7.26. The SMILES string of the molecule is [2H]c1ccc2cc(-c3c4ccccc4c(-c4ccccc4-c4cc(C)c5sc6ccccc6c5c4)c4ccccc34)ccc2c1. The first-order valence-corrected chi connectivity index (χ1v) is 15.9. The highest BCUT2D eigenvalue weighted by Crippen LogP contribution is 2.47. The van der Waals surface area contributed by atoms with E-state index in [1.165, 1.54) is 80.7 Å². The van der Waals surface area contributed by atoms with E-state index in [1.807, 2.05) is 23.5 Å². The van der Waals surface area contributed by atoms with Crippen LogP contribution >= 0.6 is 11.3 Å². The maximum Gasteiger partial charge on any atom is 0.0623 e. The van der Waals surface area contributed by atoms with E-state index >= 15 is 0 Å². The Kier molecular flexibility index (Phi) is 5.46. The molecule has 9 rings (SSSR count). The molecular formula is C43H28S. The van der Waals surface area contributed by atoms with Gasteiger partial charge in [0.15, 0.2) is 0 Å². The van der Waals surface area contributed by atoms with Gasteiger partial charge in [-0.05, 0) is 102 Å². The molecule has 0 amide bonds. The Bertz CT molecular complexity index is 2570.